The third-order valence-corrected chi connectivity index (χ3v) is 2.79. The molecule has 0 aliphatic rings. The molecule has 0 heterocycles. The van der Waals surface area contributed by atoms with Gasteiger partial charge in [0.2, 0.25) is 0 Å². The van der Waals surface area contributed by atoms with Crippen LogP contribution in [0, 0.1) is 5.92 Å². The number of unbranched alkanes of at least 4 members (excludes halogenated alkanes) is 1. The van der Waals surface area contributed by atoms with Gasteiger partial charge in [-0.05, 0) is 51.9 Å². The van der Waals surface area contributed by atoms with Gasteiger partial charge in [-0.2, -0.15) is 0 Å². The van der Waals surface area contributed by atoms with Gasteiger partial charge in [-0.1, -0.05) is 36.8 Å². The Morgan fingerprint density at radius 2 is 2.00 bits per heavy atom. The van der Waals surface area contributed by atoms with Crippen LogP contribution in [0.1, 0.15) is 52.9 Å². The van der Waals surface area contributed by atoms with Crippen LogP contribution in [0.3, 0.4) is 0 Å². The fourth-order valence-electron chi connectivity index (χ4n) is 1.68. The van der Waals surface area contributed by atoms with Crippen molar-refractivity contribution in [3.8, 4) is 0 Å². The molecule has 0 rings (SSSR count). The summed E-state index contributed by atoms with van der Waals surface area (Å²) in [7, 11) is 0. The lowest BCUT2D eigenvalue weighted by atomic mass is 9.90. The number of rotatable bonds is 8. The van der Waals surface area contributed by atoms with E-state index >= 15 is 0 Å². The molecule has 0 aromatic heterocycles. The van der Waals surface area contributed by atoms with E-state index in [0.717, 1.165) is 19.3 Å². The molecule has 1 atom stereocenters. The summed E-state index contributed by atoms with van der Waals surface area (Å²) in [5, 5.41) is 0. The van der Waals surface area contributed by atoms with Crippen molar-refractivity contribution in [1.82, 2.24) is 0 Å². The highest BCUT2D eigenvalue weighted by Gasteiger charge is 2.08. The van der Waals surface area contributed by atoms with Gasteiger partial charge in [0.1, 0.15) is 0 Å². The smallest absolute Gasteiger partial charge is 0.0174 e. The average Bonchev–Trinajstić information content (AvgIpc) is 2.18. The summed E-state index contributed by atoms with van der Waals surface area (Å²) in [5.41, 5.74) is 2.82. The maximum atomic E-state index is 4.21. The first-order chi connectivity index (χ1) is 7.11. The van der Waals surface area contributed by atoms with Crippen LogP contribution in [0.4, 0.5) is 0 Å². The Hall–Kier alpha value is -0.780. The van der Waals surface area contributed by atoms with E-state index in [1.807, 2.05) is 6.08 Å². The van der Waals surface area contributed by atoms with Crippen molar-refractivity contribution in [3.63, 3.8) is 0 Å². The highest BCUT2D eigenvalue weighted by Crippen LogP contribution is 2.23. The minimum absolute atomic E-state index is 0.671. The van der Waals surface area contributed by atoms with Crippen LogP contribution in [0.5, 0.6) is 0 Å². The number of hydrogen-bond acceptors (Lipinski definition) is 0. The monoisotopic (exact) mass is 206 g/mol. The van der Waals surface area contributed by atoms with Crippen molar-refractivity contribution >= 4 is 0 Å². The van der Waals surface area contributed by atoms with E-state index in [-0.39, 0.29) is 0 Å². The maximum absolute atomic E-state index is 4.21. The lowest BCUT2D eigenvalue weighted by Gasteiger charge is -2.16. The highest BCUT2D eigenvalue weighted by atomic mass is 14.1. The minimum atomic E-state index is 0.671. The highest BCUT2D eigenvalue weighted by molar-refractivity contribution is 5.05. The van der Waals surface area contributed by atoms with Gasteiger partial charge in [0.15, 0.2) is 0 Å². The molecule has 1 unspecified atom stereocenters. The standard InChI is InChI=1S/C15H26/c1-6-8-9-10-14(5)15(7-2)12-11-13(3)4/h6,11,15H,1,5,7-10,12H2,2-4H3. The molecule has 0 saturated heterocycles. The Morgan fingerprint density at radius 3 is 2.47 bits per heavy atom. The van der Waals surface area contributed by atoms with Gasteiger partial charge >= 0.3 is 0 Å². The van der Waals surface area contributed by atoms with Crippen LogP contribution in [0.2, 0.25) is 0 Å². The molecule has 15 heavy (non-hydrogen) atoms. The molecule has 0 spiro atoms. The first-order valence-corrected chi connectivity index (χ1v) is 6.03. The van der Waals surface area contributed by atoms with Gasteiger partial charge in [0, 0.05) is 0 Å². The Labute approximate surface area is 95.8 Å². The maximum Gasteiger partial charge on any atom is -0.0174 e. The van der Waals surface area contributed by atoms with Crippen molar-refractivity contribution in [2.45, 2.75) is 52.9 Å². The van der Waals surface area contributed by atoms with E-state index in [1.165, 1.54) is 24.0 Å². The zero-order chi connectivity index (χ0) is 11.7. The molecule has 0 N–H and O–H groups in total. The van der Waals surface area contributed by atoms with Gasteiger partial charge in [-0.15, -0.1) is 6.58 Å². The summed E-state index contributed by atoms with van der Waals surface area (Å²) in [4.78, 5) is 0. The van der Waals surface area contributed by atoms with E-state index in [1.54, 1.807) is 0 Å². The Bertz CT molecular complexity index is 216. The van der Waals surface area contributed by atoms with Gasteiger partial charge in [0.05, 0.1) is 0 Å². The average molecular weight is 206 g/mol. The van der Waals surface area contributed by atoms with Crippen LogP contribution < -0.4 is 0 Å². The van der Waals surface area contributed by atoms with E-state index in [4.69, 9.17) is 0 Å². The topological polar surface area (TPSA) is 0 Å². The molecule has 0 amide bonds. The van der Waals surface area contributed by atoms with Crippen LogP contribution in [0.25, 0.3) is 0 Å². The third-order valence-electron chi connectivity index (χ3n) is 2.79. The predicted molar refractivity (Wildman–Crippen MR) is 71.0 cm³/mol. The lowest BCUT2D eigenvalue weighted by Crippen LogP contribution is -2.01. The first kappa shape index (κ1) is 14.2. The van der Waals surface area contributed by atoms with E-state index in [2.05, 4.69) is 40.0 Å². The third kappa shape index (κ3) is 7.18. The molecule has 0 fully saturated rings. The van der Waals surface area contributed by atoms with Crippen molar-refractivity contribution < 1.29 is 0 Å². The summed E-state index contributed by atoms with van der Waals surface area (Å²) >= 11 is 0. The number of hydrogen-bond donors (Lipinski definition) is 0. The Balaban J connectivity index is 3.98. The molecule has 0 heteroatoms. The van der Waals surface area contributed by atoms with Crippen molar-refractivity contribution in [3.05, 3.63) is 36.5 Å². The van der Waals surface area contributed by atoms with Crippen molar-refractivity contribution in [1.29, 1.82) is 0 Å². The van der Waals surface area contributed by atoms with E-state index in [9.17, 15) is 0 Å². The molecule has 86 valence electrons. The van der Waals surface area contributed by atoms with Gasteiger partial charge < -0.3 is 0 Å². The molecule has 0 saturated carbocycles. The fourth-order valence-corrected chi connectivity index (χ4v) is 1.68. The predicted octanol–water partition coefficient (Wildman–Crippen LogP) is 5.28. The minimum Gasteiger partial charge on any atom is -0.103 e. The van der Waals surface area contributed by atoms with Gasteiger partial charge in [0.25, 0.3) is 0 Å². The summed E-state index contributed by atoms with van der Waals surface area (Å²) in [5.74, 6) is 0.671. The summed E-state index contributed by atoms with van der Waals surface area (Å²) in [6, 6.07) is 0. The fraction of sp³-hybridized carbons (Fsp3) is 0.600. The van der Waals surface area contributed by atoms with Gasteiger partial charge in [-0.3, -0.25) is 0 Å². The van der Waals surface area contributed by atoms with Crippen LogP contribution in [0.15, 0.2) is 36.5 Å². The zero-order valence-corrected chi connectivity index (χ0v) is 10.7. The second-order valence-electron chi connectivity index (χ2n) is 4.46. The number of allylic oxidation sites excluding steroid dienone is 4. The first-order valence-electron chi connectivity index (χ1n) is 6.03. The zero-order valence-electron chi connectivity index (χ0n) is 10.7. The molecule has 0 aromatic rings. The molecular weight excluding hydrogens is 180 g/mol. The molecular formula is C15H26. The lowest BCUT2D eigenvalue weighted by molar-refractivity contribution is 0.568. The SMILES string of the molecule is C=CCCCC(=C)C(CC)CC=C(C)C. The van der Waals surface area contributed by atoms with E-state index < -0.39 is 0 Å². The quantitative estimate of drug-likeness (QED) is 0.374. The van der Waals surface area contributed by atoms with E-state index in [0.29, 0.717) is 5.92 Å². The Kier molecular flexibility index (Phi) is 8.08. The molecule has 0 aliphatic carbocycles. The van der Waals surface area contributed by atoms with Crippen molar-refractivity contribution in [2.75, 3.05) is 0 Å². The molecule has 0 aliphatic heterocycles. The van der Waals surface area contributed by atoms with Crippen molar-refractivity contribution in [2.24, 2.45) is 5.92 Å². The molecule has 0 nitrogen and oxygen atoms in total. The largest absolute Gasteiger partial charge is 0.103 e. The molecule has 0 radical (unpaired) electrons. The normalized spacial score (nSPS) is 11.9. The molecule has 0 aromatic carbocycles. The second kappa shape index (κ2) is 8.52. The Morgan fingerprint density at radius 1 is 1.33 bits per heavy atom. The molecule has 0 bridgehead atoms. The summed E-state index contributed by atoms with van der Waals surface area (Å²) in [6.45, 7) is 14.5. The van der Waals surface area contributed by atoms with Gasteiger partial charge in [-0.25, -0.2) is 0 Å². The van der Waals surface area contributed by atoms with Crippen LogP contribution in [-0.2, 0) is 0 Å². The second-order valence-corrected chi connectivity index (χ2v) is 4.46. The van der Waals surface area contributed by atoms with Crippen LogP contribution in [-0.4, -0.2) is 0 Å². The summed E-state index contributed by atoms with van der Waals surface area (Å²) < 4.78 is 0. The summed E-state index contributed by atoms with van der Waals surface area (Å²) in [6.07, 6.45) is 10.1. The van der Waals surface area contributed by atoms with Crippen LogP contribution >= 0.6 is 0 Å².